The first-order valence-corrected chi connectivity index (χ1v) is 7.41. The SMILES string of the molecule is CC(=O)CC(=O)OCC(c1ccc[nH]1)C(C)c1ccccc1. The summed E-state index contributed by atoms with van der Waals surface area (Å²) >= 11 is 0. The smallest absolute Gasteiger partial charge is 0.313 e. The van der Waals surface area contributed by atoms with Crippen molar-refractivity contribution in [2.45, 2.75) is 32.1 Å². The van der Waals surface area contributed by atoms with Crippen molar-refractivity contribution >= 4 is 11.8 Å². The number of hydrogen-bond acceptors (Lipinski definition) is 3. The number of aromatic amines is 1. The molecule has 22 heavy (non-hydrogen) atoms. The maximum Gasteiger partial charge on any atom is 0.313 e. The lowest BCUT2D eigenvalue weighted by Crippen LogP contribution is -2.19. The van der Waals surface area contributed by atoms with E-state index in [2.05, 4.69) is 24.0 Å². The highest BCUT2D eigenvalue weighted by molar-refractivity contribution is 5.94. The quantitative estimate of drug-likeness (QED) is 0.629. The molecule has 0 aliphatic carbocycles. The molecule has 0 bridgehead atoms. The molecule has 0 spiro atoms. The Morgan fingerprint density at radius 3 is 2.45 bits per heavy atom. The molecule has 0 fully saturated rings. The van der Waals surface area contributed by atoms with Crippen LogP contribution < -0.4 is 0 Å². The Hall–Kier alpha value is -2.36. The van der Waals surface area contributed by atoms with Gasteiger partial charge in [0.1, 0.15) is 18.8 Å². The Morgan fingerprint density at radius 1 is 1.14 bits per heavy atom. The van der Waals surface area contributed by atoms with E-state index in [-0.39, 0.29) is 30.6 Å². The van der Waals surface area contributed by atoms with Gasteiger partial charge in [-0.1, -0.05) is 37.3 Å². The van der Waals surface area contributed by atoms with Gasteiger partial charge in [-0.3, -0.25) is 9.59 Å². The molecule has 0 aliphatic heterocycles. The van der Waals surface area contributed by atoms with E-state index in [0.717, 1.165) is 5.69 Å². The van der Waals surface area contributed by atoms with Gasteiger partial charge in [-0.15, -0.1) is 0 Å². The second-order valence-electron chi connectivity index (χ2n) is 5.49. The van der Waals surface area contributed by atoms with Crippen molar-refractivity contribution in [2.24, 2.45) is 0 Å². The van der Waals surface area contributed by atoms with Crippen LogP contribution >= 0.6 is 0 Å². The number of nitrogens with one attached hydrogen (secondary N) is 1. The second kappa shape index (κ2) is 7.59. The molecule has 1 heterocycles. The summed E-state index contributed by atoms with van der Waals surface area (Å²) < 4.78 is 5.30. The van der Waals surface area contributed by atoms with Crippen molar-refractivity contribution in [3.05, 3.63) is 59.9 Å². The Labute approximate surface area is 130 Å². The lowest BCUT2D eigenvalue weighted by atomic mass is 9.86. The molecular formula is C18H21NO3. The molecule has 2 unspecified atom stereocenters. The zero-order chi connectivity index (χ0) is 15.9. The van der Waals surface area contributed by atoms with Gasteiger partial charge in [0.05, 0.1) is 0 Å². The van der Waals surface area contributed by atoms with Crippen LogP contribution in [0.4, 0.5) is 0 Å². The number of H-pyrrole nitrogens is 1. The molecule has 116 valence electrons. The fraction of sp³-hybridized carbons (Fsp3) is 0.333. The summed E-state index contributed by atoms with van der Waals surface area (Å²) in [5.41, 5.74) is 2.21. The number of rotatable bonds is 7. The Balaban J connectivity index is 2.10. The van der Waals surface area contributed by atoms with Gasteiger partial charge in [-0.25, -0.2) is 0 Å². The largest absolute Gasteiger partial charge is 0.465 e. The van der Waals surface area contributed by atoms with Gasteiger partial charge in [0, 0.05) is 17.8 Å². The molecule has 0 aliphatic rings. The number of benzene rings is 1. The minimum absolute atomic E-state index is 0.0216. The van der Waals surface area contributed by atoms with E-state index in [1.807, 2.05) is 36.5 Å². The first-order chi connectivity index (χ1) is 10.6. The molecule has 2 atom stereocenters. The number of carbonyl (C=O) groups is 2. The van der Waals surface area contributed by atoms with Gasteiger partial charge in [0.2, 0.25) is 0 Å². The highest BCUT2D eigenvalue weighted by Crippen LogP contribution is 2.32. The zero-order valence-corrected chi connectivity index (χ0v) is 12.9. The number of hydrogen-bond donors (Lipinski definition) is 1. The van der Waals surface area contributed by atoms with Crippen LogP contribution in [0.15, 0.2) is 48.7 Å². The van der Waals surface area contributed by atoms with E-state index < -0.39 is 5.97 Å². The molecule has 0 saturated carbocycles. The summed E-state index contributed by atoms with van der Waals surface area (Å²) in [6.45, 7) is 3.75. The number of carbonyl (C=O) groups excluding carboxylic acids is 2. The predicted molar refractivity (Wildman–Crippen MR) is 84.6 cm³/mol. The Kier molecular flexibility index (Phi) is 5.53. The van der Waals surface area contributed by atoms with Crippen LogP contribution in [0.25, 0.3) is 0 Å². The van der Waals surface area contributed by atoms with Crippen molar-refractivity contribution in [1.82, 2.24) is 4.98 Å². The lowest BCUT2D eigenvalue weighted by Gasteiger charge is -2.23. The van der Waals surface area contributed by atoms with Gasteiger partial charge in [-0.2, -0.15) is 0 Å². The minimum atomic E-state index is -0.468. The van der Waals surface area contributed by atoms with E-state index in [4.69, 9.17) is 4.74 Å². The summed E-state index contributed by atoms with van der Waals surface area (Å²) in [5, 5.41) is 0. The molecule has 2 rings (SSSR count). The molecule has 1 aromatic carbocycles. The number of ketones is 1. The van der Waals surface area contributed by atoms with Gasteiger partial charge in [0.15, 0.2) is 0 Å². The first-order valence-electron chi connectivity index (χ1n) is 7.41. The summed E-state index contributed by atoms with van der Waals surface area (Å²) in [6, 6.07) is 14.0. The van der Waals surface area contributed by atoms with Crippen LogP contribution in [-0.2, 0) is 14.3 Å². The average Bonchev–Trinajstić information content (AvgIpc) is 3.01. The highest BCUT2D eigenvalue weighted by Gasteiger charge is 2.23. The number of esters is 1. The summed E-state index contributed by atoms with van der Waals surface area (Å²) in [5.74, 6) is -0.444. The molecule has 1 aromatic heterocycles. The number of aromatic nitrogens is 1. The fourth-order valence-electron chi connectivity index (χ4n) is 2.50. The summed E-state index contributed by atoms with van der Waals surface area (Å²) in [7, 11) is 0. The van der Waals surface area contributed by atoms with Gasteiger partial charge >= 0.3 is 5.97 Å². The summed E-state index contributed by atoms with van der Waals surface area (Å²) in [4.78, 5) is 25.8. The van der Waals surface area contributed by atoms with Crippen molar-refractivity contribution in [3.63, 3.8) is 0 Å². The lowest BCUT2D eigenvalue weighted by molar-refractivity contribution is -0.146. The Bertz CT molecular complexity index is 605. The van der Waals surface area contributed by atoms with E-state index in [9.17, 15) is 9.59 Å². The van der Waals surface area contributed by atoms with Crippen LogP contribution in [0.2, 0.25) is 0 Å². The van der Waals surface area contributed by atoms with Crippen LogP contribution in [0.3, 0.4) is 0 Å². The van der Waals surface area contributed by atoms with Crippen LogP contribution in [0, 0.1) is 0 Å². The maximum atomic E-state index is 11.6. The molecule has 4 nitrogen and oxygen atoms in total. The molecule has 0 amide bonds. The van der Waals surface area contributed by atoms with Crippen LogP contribution in [0.1, 0.15) is 43.4 Å². The van der Waals surface area contributed by atoms with E-state index >= 15 is 0 Å². The first kappa shape index (κ1) is 16.0. The normalized spacial score (nSPS) is 13.4. The van der Waals surface area contributed by atoms with Crippen LogP contribution in [-0.4, -0.2) is 23.3 Å². The van der Waals surface area contributed by atoms with Crippen molar-refractivity contribution in [3.8, 4) is 0 Å². The average molecular weight is 299 g/mol. The van der Waals surface area contributed by atoms with Crippen molar-refractivity contribution in [2.75, 3.05) is 6.61 Å². The maximum absolute atomic E-state index is 11.6. The topological polar surface area (TPSA) is 59.2 Å². The van der Waals surface area contributed by atoms with Crippen molar-refractivity contribution in [1.29, 1.82) is 0 Å². The van der Waals surface area contributed by atoms with Crippen LogP contribution in [0.5, 0.6) is 0 Å². The molecule has 0 saturated heterocycles. The predicted octanol–water partition coefficient (Wildman–Crippen LogP) is 3.42. The third kappa shape index (κ3) is 4.32. The van der Waals surface area contributed by atoms with Gasteiger partial charge < -0.3 is 9.72 Å². The van der Waals surface area contributed by atoms with Crippen molar-refractivity contribution < 1.29 is 14.3 Å². The number of Topliss-reactive ketones (excluding diaryl/α,β-unsaturated/α-hetero) is 1. The van der Waals surface area contributed by atoms with Gasteiger partial charge in [0.25, 0.3) is 0 Å². The molecule has 0 radical (unpaired) electrons. The third-order valence-corrected chi connectivity index (χ3v) is 3.77. The monoisotopic (exact) mass is 299 g/mol. The van der Waals surface area contributed by atoms with E-state index in [0.29, 0.717) is 0 Å². The molecule has 1 N–H and O–H groups in total. The third-order valence-electron chi connectivity index (χ3n) is 3.77. The molecule has 2 aromatic rings. The standard InChI is InChI=1S/C18H21NO3/c1-13(20)11-18(21)22-12-16(17-9-6-10-19-17)14(2)15-7-4-3-5-8-15/h3-10,14,16,19H,11-12H2,1-2H3. The molecular weight excluding hydrogens is 278 g/mol. The summed E-state index contributed by atoms with van der Waals surface area (Å²) in [6.07, 6.45) is 1.69. The van der Waals surface area contributed by atoms with Gasteiger partial charge in [-0.05, 0) is 30.5 Å². The fourth-order valence-corrected chi connectivity index (χ4v) is 2.50. The highest BCUT2D eigenvalue weighted by atomic mass is 16.5. The Morgan fingerprint density at radius 2 is 1.86 bits per heavy atom. The zero-order valence-electron chi connectivity index (χ0n) is 12.9. The van der Waals surface area contributed by atoms with E-state index in [1.165, 1.54) is 12.5 Å². The number of ether oxygens (including phenoxy) is 1. The molecule has 4 heteroatoms. The second-order valence-corrected chi connectivity index (χ2v) is 5.49. The minimum Gasteiger partial charge on any atom is -0.465 e. The van der Waals surface area contributed by atoms with E-state index in [1.54, 1.807) is 0 Å².